The van der Waals surface area contributed by atoms with E-state index < -0.39 is 0 Å². The maximum Gasteiger partial charge on any atom is 0.138 e. The molecule has 0 heterocycles. The summed E-state index contributed by atoms with van der Waals surface area (Å²) in [5, 5.41) is 59.8. The number of nitriles is 6. The van der Waals surface area contributed by atoms with Gasteiger partial charge in [0.15, 0.2) is 0 Å². The van der Waals surface area contributed by atoms with Gasteiger partial charge in [-0.1, -0.05) is 60.7 Å². The summed E-state index contributed by atoms with van der Waals surface area (Å²) in [6, 6.07) is 33.7. The zero-order valence-electron chi connectivity index (χ0n) is 19.6. The molecule has 5 rings (SSSR count). The van der Waals surface area contributed by atoms with Crippen LogP contribution < -0.4 is 0 Å². The number of rotatable bonds is 2. The Kier molecular flexibility index (Phi) is 5.71. The van der Waals surface area contributed by atoms with Crippen LogP contribution in [0.5, 0.6) is 0 Å². The van der Waals surface area contributed by atoms with Gasteiger partial charge in [0.05, 0.1) is 11.1 Å². The molecular formula is C32H12N6. The van der Waals surface area contributed by atoms with Crippen LogP contribution in [-0.2, 0) is 0 Å². The highest BCUT2D eigenvalue weighted by Crippen LogP contribution is 2.54. The van der Waals surface area contributed by atoms with Gasteiger partial charge in [0.25, 0.3) is 0 Å². The van der Waals surface area contributed by atoms with Crippen molar-refractivity contribution in [3.05, 3.63) is 117 Å². The Labute approximate surface area is 218 Å². The summed E-state index contributed by atoms with van der Waals surface area (Å²) in [7, 11) is 0. The average molecular weight is 480 g/mol. The Morgan fingerprint density at radius 2 is 0.789 bits per heavy atom. The molecule has 0 N–H and O–H groups in total. The molecule has 38 heavy (non-hydrogen) atoms. The Balaban J connectivity index is 1.94. The van der Waals surface area contributed by atoms with Crippen molar-refractivity contribution in [2.75, 3.05) is 0 Å². The molecule has 0 aromatic heterocycles. The van der Waals surface area contributed by atoms with Gasteiger partial charge in [0.1, 0.15) is 47.6 Å². The number of allylic oxidation sites excluding steroid dienone is 8. The van der Waals surface area contributed by atoms with Crippen LogP contribution in [0, 0.1) is 68.0 Å². The predicted octanol–water partition coefficient (Wildman–Crippen LogP) is 6.18. The largest absolute Gasteiger partial charge is 0.192 e. The molecule has 6 heteroatoms. The fraction of sp³-hybridized carbons (Fsp3) is 0. The van der Waals surface area contributed by atoms with Crippen LogP contribution in [0.15, 0.2) is 83.9 Å². The molecule has 0 unspecified atom stereocenters. The van der Waals surface area contributed by atoms with Crippen molar-refractivity contribution in [1.82, 2.24) is 0 Å². The van der Waals surface area contributed by atoms with Gasteiger partial charge >= 0.3 is 0 Å². The third kappa shape index (κ3) is 3.29. The highest BCUT2D eigenvalue weighted by molar-refractivity contribution is 6.29. The third-order valence-electron chi connectivity index (χ3n) is 6.53. The van der Waals surface area contributed by atoms with E-state index in [9.17, 15) is 31.6 Å². The maximum atomic E-state index is 10.3. The van der Waals surface area contributed by atoms with Crippen LogP contribution in [0.25, 0.3) is 33.4 Å². The molecule has 3 aromatic carbocycles. The number of hydrogen-bond donors (Lipinski definition) is 0. The van der Waals surface area contributed by atoms with Gasteiger partial charge in [0, 0.05) is 33.4 Å². The van der Waals surface area contributed by atoms with Crippen LogP contribution in [0.1, 0.15) is 33.4 Å². The highest BCUT2D eigenvalue weighted by Gasteiger charge is 2.36. The lowest BCUT2D eigenvalue weighted by atomic mass is 9.90. The second-order valence-corrected chi connectivity index (χ2v) is 8.35. The summed E-state index contributed by atoms with van der Waals surface area (Å²) in [6.45, 7) is 0. The van der Waals surface area contributed by atoms with E-state index in [1.807, 2.05) is 36.4 Å². The Morgan fingerprint density at radius 3 is 1.08 bits per heavy atom. The molecule has 0 spiro atoms. The monoisotopic (exact) mass is 480 g/mol. The third-order valence-corrected chi connectivity index (χ3v) is 6.53. The normalized spacial score (nSPS) is 12.8. The van der Waals surface area contributed by atoms with Gasteiger partial charge in [-0.25, -0.2) is 0 Å². The zero-order valence-corrected chi connectivity index (χ0v) is 19.6. The van der Waals surface area contributed by atoms with Crippen molar-refractivity contribution in [3.63, 3.8) is 0 Å². The van der Waals surface area contributed by atoms with E-state index in [1.165, 1.54) is 0 Å². The van der Waals surface area contributed by atoms with E-state index in [0.717, 1.165) is 0 Å². The van der Waals surface area contributed by atoms with Gasteiger partial charge < -0.3 is 0 Å². The van der Waals surface area contributed by atoms with Crippen molar-refractivity contribution >= 4 is 33.4 Å². The summed E-state index contributed by atoms with van der Waals surface area (Å²) in [4.78, 5) is 0. The smallest absolute Gasteiger partial charge is 0.138 e. The first kappa shape index (κ1) is 23.3. The van der Waals surface area contributed by atoms with E-state index in [0.29, 0.717) is 55.7 Å². The number of fused-ring (bicyclic) bond motifs is 2. The number of benzene rings is 3. The van der Waals surface area contributed by atoms with Gasteiger partial charge in [-0.3, -0.25) is 0 Å². The lowest BCUT2D eigenvalue weighted by Crippen LogP contribution is -1.95. The van der Waals surface area contributed by atoms with E-state index in [2.05, 4.69) is 12.1 Å². The minimum Gasteiger partial charge on any atom is -0.192 e. The second kappa shape index (κ2) is 9.31. The van der Waals surface area contributed by atoms with Crippen LogP contribution in [0.4, 0.5) is 0 Å². The molecule has 3 aromatic rings. The molecule has 0 atom stereocenters. The SMILES string of the molecule is N#CC(C#N)=C1C(c2ccccc2)=C(C#N)c2cc3c(cc21)C(C#N)=C(c1ccccc1)C3=C(C#N)C#N. The number of hydrogen-bond acceptors (Lipinski definition) is 6. The number of nitrogens with zero attached hydrogens (tertiary/aromatic N) is 6. The lowest BCUT2D eigenvalue weighted by Gasteiger charge is -2.10. The zero-order chi connectivity index (χ0) is 26.8. The minimum absolute atomic E-state index is 0.162. The topological polar surface area (TPSA) is 143 Å². The van der Waals surface area contributed by atoms with E-state index in [1.54, 1.807) is 60.7 Å². The lowest BCUT2D eigenvalue weighted by molar-refractivity contribution is 1.45. The van der Waals surface area contributed by atoms with Crippen LogP contribution >= 0.6 is 0 Å². The summed E-state index contributed by atoms with van der Waals surface area (Å²) in [5.41, 5.74) is 4.88. The van der Waals surface area contributed by atoms with Crippen molar-refractivity contribution in [2.24, 2.45) is 0 Å². The fourth-order valence-corrected chi connectivity index (χ4v) is 5.03. The molecule has 170 valence electrons. The molecule has 2 aliphatic carbocycles. The highest BCUT2D eigenvalue weighted by atomic mass is 14.4. The van der Waals surface area contributed by atoms with E-state index >= 15 is 0 Å². The molecule has 0 saturated carbocycles. The Hall–Kier alpha value is -6.44. The Bertz CT molecular complexity index is 1770. The van der Waals surface area contributed by atoms with Gasteiger partial charge in [0.2, 0.25) is 0 Å². The molecule has 0 radical (unpaired) electrons. The first-order chi connectivity index (χ1) is 18.6. The molecule has 2 aliphatic rings. The van der Waals surface area contributed by atoms with Crippen LogP contribution in [0.2, 0.25) is 0 Å². The maximum absolute atomic E-state index is 10.3. The summed E-state index contributed by atoms with van der Waals surface area (Å²) in [6.07, 6.45) is 0. The minimum atomic E-state index is -0.162. The molecule has 0 fully saturated rings. The van der Waals surface area contributed by atoms with E-state index in [4.69, 9.17) is 0 Å². The molecule has 0 bridgehead atoms. The van der Waals surface area contributed by atoms with Crippen molar-refractivity contribution < 1.29 is 0 Å². The van der Waals surface area contributed by atoms with Crippen LogP contribution in [-0.4, -0.2) is 0 Å². The summed E-state index contributed by atoms with van der Waals surface area (Å²) < 4.78 is 0. The fourth-order valence-electron chi connectivity index (χ4n) is 5.03. The van der Waals surface area contributed by atoms with Crippen molar-refractivity contribution in [3.8, 4) is 36.4 Å². The summed E-state index contributed by atoms with van der Waals surface area (Å²) in [5.74, 6) is 0. The predicted molar refractivity (Wildman–Crippen MR) is 140 cm³/mol. The first-order valence-electron chi connectivity index (χ1n) is 11.3. The summed E-state index contributed by atoms with van der Waals surface area (Å²) >= 11 is 0. The standard InChI is InChI=1S/C32H12N6/c33-13-21(14-34)31-25-12-24-26(11-23(25)27(17-37)29(31)19-7-3-1-4-8-19)32(22(15-35)16-36)30(28(24)18-38)20-9-5-2-6-10-20/h1-12H. The van der Waals surface area contributed by atoms with Gasteiger partial charge in [-0.05, 0) is 34.4 Å². The first-order valence-corrected chi connectivity index (χ1v) is 11.3. The molecular weight excluding hydrogens is 468 g/mol. The quantitative estimate of drug-likeness (QED) is 0.400. The van der Waals surface area contributed by atoms with Crippen molar-refractivity contribution in [1.29, 1.82) is 31.6 Å². The van der Waals surface area contributed by atoms with E-state index in [-0.39, 0.29) is 22.3 Å². The molecule has 6 nitrogen and oxygen atoms in total. The van der Waals surface area contributed by atoms with Gasteiger partial charge in [-0.2, -0.15) is 31.6 Å². The average Bonchev–Trinajstić information content (AvgIpc) is 3.46. The van der Waals surface area contributed by atoms with Gasteiger partial charge in [-0.15, -0.1) is 0 Å². The molecule has 0 aliphatic heterocycles. The van der Waals surface area contributed by atoms with Crippen LogP contribution in [0.3, 0.4) is 0 Å². The Morgan fingerprint density at radius 1 is 0.447 bits per heavy atom. The van der Waals surface area contributed by atoms with Crippen molar-refractivity contribution in [2.45, 2.75) is 0 Å². The second-order valence-electron chi connectivity index (χ2n) is 8.35. The molecule has 0 amide bonds. The molecule has 0 saturated heterocycles.